The van der Waals surface area contributed by atoms with Gasteiger partial charge in [0.1, 0.15) is 0 Å². The maximum Gasteiger partial charge on any atom is 0.255 e. The van der Waals surface area contributed by atoms with Crippen LogP contribution < -0.4 is 10.6 Å². The zero-order valence-electron chi connectivity index (χ0n) is 17.0. The minimum absolute atomic E-state index is 0.256. The third-order valence-corrected chi connectivity index (χ3v) is 4.40. The smallest absolute Gasteiger partial charge is 0.255 e. The van der Waals surface area contributed by atoms with Gasteiger partial charge in [0.15, 0.2) is 0 Å². The number of amides is 2. The van der Waals surface area contributed by atoms with Crippen LogP contribution >= 0.6 is 11.6 Å². The molecule has 0 spiro atoms. The van der Waals surface area contributed by atoms with Gasteiger partial charge in [-0.05, 0) is 68.8 Å². The van der Waals surface area contributed by atoms with E-state index in [1.165, 1.54) is 0 Å². The van der Waals surface area contributed by atoms with Crippen LogP contribution in [0, 0.1) is 0 Å². The predicted octanol–water partition coefficient (Wildman–Crippen LogP) is 4.85. The summed E-state index contributed by atoms with van der Waals surface area (Å²) in [5.74, 6) is -1.71. The maximum absolute atomic E-state index is 12.7. The van der Waals surface area contributed by atoms with E-state index < -0.39 is 5.91 Å². The van der Waals surface area contributed by atoms with Crippen molar-refractivity contribution in [2.45, 2.75) is 39.5 Å². The number of hydrogen-bond donors (Lipinski definition) is 2. The molecule has 0 atom stereocenters. The Bertz CT molecular complexity index is 790. The molecule has 0 aliphatic rings. The van der Waals surface area contributed by atoms with Crippen molar-refractivity contribution in [3.63, 3.8) is 0 Å². The lowest BCUT2D eigenvalue weighted by atomic mass is 10.1. The molecule has 0 radical (unpaired) electrons. The lowest BCUT2D eigenvalue weighted by Gasteiger charge is -2.33. The molecule has 2 rings (SSSR count). The molecule has 0 heterocycles. The Morgan fingerprint density at radius 3 is 1.90 bits per heavy atom. The average molecular weight is 419 g/mol. The highest BCUT2D eigenvalue weighted by Gasteiger charge is 2.32. The fourth-order valence-electron chi connectivity index (χ4n) is 2.87. The summed E-state index contributed by atoms with van der Waals surface area (Å²) in [6.07, 6.45) is 1.33. The highest BCUT2D eigenvalue weighted by Crippen LogP contribution is 2.19. The predicted molar refractivity (Wildman–Crippen MR) is 114 cm³/mol. The second-order valence-electron chi connectivity index (χ2n) is 6.36. The van der Waals surface area contributed by atoms with Gasteiger partial charge in [-0.2, -0.15) is 0 Å². The zero-order chi connectivity index (χ0) is 21.3. The Balaban J connectivity index is 2.06. The van der Waals surface area contributed by atoms with Crippen LogP contribution in [-0.2, 0) is 9.47 Å². The maximum atomic E-state index is 12.7. The number of halogens is 1. The summed E-state index contributed by atoms with van der Waals surface area (Å²) in [5, 5.41) is 6.21. The van der Waals surface area contributed by atoms with Gasteiger partial charge in [-0.1, -0.05) is 18.5 Å². The van der Waals surface area contributed by atoms with Crippen molar-refractivity contribution in [2.24, 2.45) is 0 Å². The number of carbonyl (C=O) groups excluding carboxylic acids is 2. The zero-order valence-corrected chi connectivity index (χ0v) is 17.7. The van der Waals surface area contributed by atoms with Crippen molar-refractivity contribution >= 4 is 29.1 Å². The summed E-state index contributed by atoms with van der Waals surface area (Å²) >= 11 is 5.84. The van der Waals surface area contributed by atoms with Crippen molar-refractivity contribution in [3.8, 4) is 0 Å². The minimum atomic E-state index is -1.14. The first-order valence-electron chi connectivity index (χ1n) is 9.70. The number of rotatable bonds is 10. The van der Waals surface area contributed by atoms with Gasteiger partial charge in [0.25, 0.3) is 17.7 Å². The van der Waals surface area contributed by atoms with Crippen molar-refractivity contribution in [3.05, 3.63) is 64.7 Å². The fraction of sp³-hybridized carbons (Fsp3) is 0.364. The SMILES string of the molecule is CCCC(NC(=O)c1ccc(NC(=O)c2ccc(Cl)cc2)cc1)(OCC)OCC. The molecule has 2 N–H and O–H groups in total. The van der Waals surface area contributed by atoms with E-state index in [-0.39, 0.29) is 11.8 Å². The molecule has 7 heteroatoms. The van der Waals surface area contributed by atoms with Gasteiger partial charge in [-0.25, -0.2) is 0 Å². The van der Waals surface area contributed by atoms with Gasteiger partial charge < -0.3 is 20.1 Å². The third-order valence-electron chi connectivity index (χ3n) is 4.15. The molecule has 156 valence electrons. The Labute approximate surface area is 176 Å². The third kappa shape index (κ3) is 6.56. The summed E-state index contributed by atoms with van der Waals surface area (Å²) in [4.78, 5) is 25.0. The largest absolute Gasteiger partial charge is 0.333 e. The molecule has 0 saturated carbocycles. The van der Waals surface area contributed by atoms with Crippen molar-refractivity contribution in [1.82, 2.24) is 5.32 Å². The quantitative estimate of drug-likeness (QED) is 0.541. The van der Waals surface area contributed by atoms with E-state index in [9.17, 15) is 9.59 Å². The van der Waals surface area contributed by atoms with Crippen LogP contribution in [0.4, 0.5) is 5.69 Å². The molecule has 0 fully saturated rings. The minimum Gasteiger partial charge on any atom is -0.333 e. The topological polar surface area (TPSA) is 76.7 Å². The Kier molecular flexibility index (Phi) is 8.64. The van der Waals surface area contributed by atoms with Gasteiger partial charge in [0.2, 0.25) is 0 Å². The van der Waals surface area contributed by atoms with Gasteiger partial charge in [0.05, 0.1) is 0 Å². The van der Waals surface area contributed by atoms with Crippen LogP contribution in [0.3, 0.4) is 0 Å². The number of ether oxygens (including phenoxy) is 2. The van der Waals surface area contributed by atoms with Crippen LogP contribution in [-0.4, -0.2) is 30.9 Å². The Hall–Kier alpha value is -2.41. The first kappa shape index (κ1) is 22.9. The van der Waals surface area contributed by atoms with E-state index >= 15 is 0 Å². The highest BCUT2D eigenvalue weighted by molar-refractivity contribution is 6.30. The van der Waals surface area contributed by atoms with Gasteiger partial charge in [0, 0.05) is 41.5 Å². The van der Waals surface area contributed by atoms with E-state index in [0.717, 1.165) is 6.42 Å². The second kappa shape index (κ2) is 11.0. The van der Waals surface area contributed by atoms with Crippen molar-refractivity contribution in [1.29, 1.82) is 0 Å². The van der Waals surface area contributed by atoms with E-state index in [1.807, 2.05) is 20.8 Å². The van der Waals surface area contributed by atoms with E-state index in [0.29, 0.717) is 41.5 Å². The molecule has 0 aliphatic heterocycles. The molecule has 6 nitrogen and oxygen atoms in total. The molecule has 2 aromatic rings. The van der Waals surface area contributed by atoms with Crippen LogP contribution in [0.15, 0.2) is 48.5 Å². The first-order valence-corrected chi connectivity index (χ1v) is 10.1. The van der Waals surface area contributed by atoms with Crippen molar-refractivity contribution < 1.29 is 19.1 Å². The van der Waals surface area contributed by atoms with E-state index in [2.05, 4.69) is 10.6 Å². The summed E-state index contributed by atoms with van der Waals surface area (Å²) in [7, 11) is 0. The van der Waals surface area contributed by atoms with Crippen molar-refractivity contribution in [2.75, 3.05) is 18.5 Å². The van der Waals surface area contributed by atoms with Crippen LogP contribution in [0.5, 0.6) is 0 Å². The Morgan fingerprint density at radius 1 is 0.862 bits per heavy atom. The molecule has 0 saturated heterocycles. The van der Waals surface area contributed by atoms with E-state index in [1.54, 1.807) is 48.5 Å². The molecular formula is C22H27ClN2O4. The second-order valence-corrected chi connectivity index (χ2v) is 6.80. The number of carbonyl (C=O) groups is 2. The molecule has 2 aromatic carbocycles. The molecule has 0 unspecified atom stereocenters. The average Bonchev–Trinajstić information content (AvgIpc) is 2.69. The summed E-state index contributed by atoms with van der Waals surface area (Å²) < 4.78 is 11.4. The molecule has 0 aliphatic carbocycles. The molecule has 0 bridgehead atoms. The molecular weight excluding hydrogens is 392 g/mol. The Morgan fingerprint density at radius 2 is 1.38 bits per heavy atom. The van der Waals surface area contributed by atoms with Gasteiger partial charge in [-0.15, -0.1) is 0 Å². The molecule has 2 amide bonds. The van der Waals surface area contributed by atoms with Crippen LogP contribution in [0.25, 0.3) is 0 Å². The van der Waals surface area contributed by atoms with Crippen LogP contribution in [0.1, 0.15) is 54.3 Å². The summed E-state index contributed by atoms with van der Waals surface area (Å²) in [5.41, 5.74) is 1.51. The fourth-order valence-corrected chi connectivity index (χ4v) is 3.00. The van der Waals surface area contributed by atoms with Crippen LogP contribution in [0.2, 0.25) is 5.02 Å². The van der Waals surface area contributed by atoms with Gasteiger partial charge >= 0.3 is 0 Å². The number of hydrogen-bond acceptors (Lipinski definition) is 4. The van der Waals surface area contributed by atoms with Gasteiger partial charge in [-0.3, -0.25) is 9.59 Å². The standard InChI is InChI=1S/C22H27ClN2O4/c1-4-15-22(28-5-2,29-6-3)25-21(27)17-9-13-19(14-10-17)24-20(26)16-7-11-18(23)12-8-16/h7-14H,4-6,15H2,1-3H3,(H,24,26)(H,25,27). The lowest BCUT2D eigenvalue weighted by Crippen LogP contribution is -2.52. The first-order chi connectivity index (χ1) is 13.9. The summed E-state index contributed by atoms with van der Waals surface area (Å²) in [6.45, 7) is 6.53. The number of anilines is 1. The number of benzene rings is 2. The van der Waals surface area contributed by atoms with E-state index in [4.69, 9.17) is 21.1 Å². The monoisotopic (exact) mass is 418 g/mol. The molecule has 29 heavy (non-hydrogen) atoms. The highest BCUT2D eigenvalue weighted by atomic mass is 35.5. The molecule has 0 aromatic heterocycles. The lowest BCUT2D eigenvalue weighted by molar-refractivity contribution is -0.249. The normalized spacial score (nSPS) is 11.2. The number of nitrogens with one attached hydrogen (secondary N) is 2. The summed E-state index contributed by atoms with van der Waals surface area (Å²) in [6, 6.07) is 13.2.